The van der Waals surface area contributed by atoms with E-state index in [9.17, 15) is 0 Å². The topological polar surface area (TPSA) is 38.9 Å². The summed E-state index contributed by atoms with van der Waals surface area (Å²) in [5, 5.41) is 6.88. The number of benzene rings is 4. The van der Waals surface area contributed by atoms with Crippen molar-refractivity contribution in [3.63, 3.8) is 0 Å². The van der Waals surface area contributed by atoms with E-state index in [1.807, 2.05) is 6.07 Å². The lowest BCUT2D eigenvalue weighted by atomic mass is 9.91. The SMILES string of the molecule is CC(C)c1ccc(-c2ncnc3oc4ccc5ccccc5c4c23)c2ccccc12. The fraction of sp³-hybridized carbons (Fsp3) is 0.111. The van der Waals surface area contributed by atoms with Crippen LogP contribution in [0, 0.1) is 0 Å². The molecule has 0 spiro atoms. The van der Waals surface area contributed by atoms with E-state index in [0.717, 1.165) is 33.0 Å². The lowest BCUT2D eigenvalue weighted by Crippen LogP contribution is -1.93. The molecule has 6 rings (SSSR count). The summed E-state index contributed by atoms with van der Waals surface area (Å²) in [6.45, 7) is 4.47. The van der Waals surface area contributed by atoms with Crippen LogP contribution in [0.2, 0.25) is 0 Å². The Morgan fingerprint density at radius 3 is 2.30 bits per heavy atom. The molecule has 0 atom stereocenters. The van der Waals surface area contributed by atoms with E-state index in [1.165, 1.54) is 21.7 Å². The zero-order valence-corrected chi connectivity index (χ0v) is 16.9. The largest absolute Gasteiger partial charge is 0.438 e. The second-order valence-electron chi connectivity index (χ2n) is 8.07. The standard InChI is InChI=1S/C27H20N2O/c1-16(2)18-12-13-22(21-10-6-5-9-20(18)21)26-25-24-19-8-4-3-7-17(19)11-14-23(24)30-27(25)29-15-28-26/h3-16H,1-2H3. The minimum absolute atomic E-state index is 0.452. The van der Waals surface area contributed by atoms with Crippen LogP contribution in [-0.2, 0) is 0 Å². The molecule has 0 bridgehead atoms. The highest BCUT2D eigenvalue weighted by Gasteiger charge is 2.19. The molecule has 0 saturated heterocycles. The van der Waals surface area contributed by atoms with Gasteiger partial charge in [-0.2, -0.15) is 0 Å². The molecule has 0 N–H and O–H groups in total. The number of furan rings is 1. The van der Waals surface area contributed by atoms with E-state index < -0.39 is 0 Å². The van der Waals surface area contributed by atoms with Crippen molar-refractivity contribution in [3.8, 4) is 11.3 Å². The summed E-state index contributed by atoms with van der Waals surface area (Å²) in [4.78, 5) is 9.22. The van der Waals surface area contributed by atoms with E-state index >= 15 is 0 Å². The Labute approximate surface area is 174 Å². The average molecular weight is 388 g/mol. The average Bonchev–Trinajstić information content (AvgIpc) is 3.17. The molecule has 3 nitrogen and oxygen atoms in total. The molecule has 0 unspecified atom stereocenters. The summed E-state index contributed by atoms with van der Waals surface area (Å²) in [6, 6.07) is 25.5. The highest BCUT2D eigenvalue weighted by Crippen LogP contribution is 2.41. The second-order valence-corrected chi connectivity index (χ2v) is 8.07. The van der Waals surface area contributed by atoms with E-state index in [-0.39, 0.29) is 0 Å². The highest BCUT2D eigenvalue weighted by atomic mass is 16.3. The molecule has 144 valence electrons. The molecule has 6 aromatic rings. The Balaban J connectivity index is 1.78. The van der Waals surface area contributed by atoms with E-state index in [1.54, 1.807) is 6.33 Å². The Morgan fingerprint density at radius 2 is 1.47 bits per heavy atom. The monoisotopic (exact) mass is 388 g/mol. The van der Waals surface area contributed by atoms with Crippen LogP contribution in [0.1, 0.15) is 25.3 Å². The van der Waals surface area contributed by atoms with Gasteiger partial charge in [0.05, 0.1) is 11.1 Å². The molecule has 30 heavy (non-hydrogen) atoms. The van der Waals surface area contributed by atoms with Gasteiger partial charge in [-0.15, -0.1) is 0 Å². The van der Waals surface area contributed by atoms with E-state index in [4.69, 9.17) is 9.40 Å². The molecule has 3 heteroatoms. The van der Waals surface area contributed by atoms with Crippen molar-refractivity contribution in [2.75, 3.05) is 0 Å². The Morgan fingerprint density at radius 1 is 0.700 bits per heavy atom. The van der Waals surface area contributed by atoms with Gasteiger partial charge >= 0.3 is 0 Å². The zero-order valence-electron chi connectivity index (χ0n) is 16.9. The number of aromatic nitrogens is 2. The predicted molar refractivity (Wildman–Crippen MR) is 124 cm³/mol. The van der Waals surface area contributed by atoms with Crippen molar-refractivity contribution in [2.45, 2.75) is 19.8 Å². The maximum Gasteiger partial charge on any atom is 0.231 e. The first-order valence-electron chi connectivity index (χ1n) is 10.3. The summed E-state index contributed by atoms with van der Waals surface area (Å²) >= 11 is 0. The van der Waals surface area contributed by atoms with Crippen LogP contribution in [0.5, 0.6) is 0 Å². The Bertz CT molecular complexity index is 1580. The maximum atomic E-state index is 6.15. The first-order chi connectivity index (χ1) is 14.7. The van der Waals surface area contributed by atoms with Gasteiger partial charge in [-0.1, -0.05) is 80.6 Å². The van der Waals surface area contributed by atoms with Crippen LogP contribution in [0.15, 0.2) is 83.5 Å². The molecule has 0 fully saturated rings. The number of hydrogen-bond donors (Lipinski definition) is 0. The molecule has 2 aromatic heterocycles. The highest BCUT2D eigenvalue weighted by molar-refractivity contribution is 6.22. The molecular formula is C27H20N2O. The number of hydrogen-bond acceptors (Lipinski definition) is 3. The maximum absolute atomic E-state index is 6.15. The first-order valence-corrected chi connectivity index (χ1v) is 10.3. The molecule has 4 aromatic carbocycles. The summed E-state index contributed by atoms with van der Waals surface area (Å²) in [6.07, 6.45) is 1.60. The lowest BCUT2D eigenvalue weighted by molar-refractivity contribution is 0.653. The fourth-order valence-electron chi connectivity index (χ4n) is 4.61. The number of rotatable bonds is 2. The lowest BCUT2D eigenvalue weighted by Gasteiger charge is -2.14. The van der Waals surface area contributed by atoms with E-state index in [0.29, 0.717) is 11.6 Å². The second kappa shape index (κ2) is 6.39. The third kappa shape index (κ3) is 2.38. The first kappa shape index (κ1) is 17.2. The van der Waals surface area contributed by atoms with Gasteiger partial charge in [-0.3, -0.25) is 0 Å². The number of fused-ring (bicyclic) bond motifs is 6. The molecule has 0 amide bonds. The number of nitrogens with zero attached hydrogens (tertiary/aromatic N) is 2. The van der Waals surface area contributed by atoms with Gasteiger partial charge in [-0.05, 0) is 39.1 Å². The molecule has 0 aliphatic heterocycles. The third-order valence-electron chi connectivity index (χ3n) is 5.99. The van der Waals surface area contributed by atoms with Crippen LogP contribution in [-0.4, -0.2) is 9.97 Å². The van der Waals surface area contributed by atoms with Gasteiger partial charge in [0.2, 0.25) is 5.71 Å². The van der Waals surface area contributed by atoms with Crippen molar-refractivity contribution >= 4 is 43.6 Å². The van der Waals surface area contributed by atoms with Gasteiger partial charge in [0.15, 0.2) is 0 Å². The molecular weight excluding hydrogens is 368 g/mol. The van der Waals surface area contributed by atoms with Crippen LogP contribution in [0.25, 0.3) is 54.9 Å². The van der Waals surface area contributed by atoms with Crippen LogP contribution in [0.4, 0.5) is 0 Å². The van der Waals surface area contributed by atoms with Crippen molar-refractivity contribution in [1.82, 2.24) is 9.97 Å². The third-order valence-corrected chi connectivity index (χ3v) is 5.99. The fourth-order valence-corrected chi connectivity index (χ4v) is 4.61. The normalized spacial score (nSPS) is 12.0. The zero-order chi connectivity index (χ0) is 20.2. The van der Waals surface area contributed by atoms with Crippen LogP contribution < -0.4 is 0 Å². The van der Waals surface area contributed by atoms with Crippen molar-refractivity contribution in [3.05, 3.63) is 84.7 Å². The summed E-state index contributed by atoms with van der Waals surface area (Å²) in [5.74, 6) is 0.452. The van der Waals surface area contributed by atoms with E-state index in [2.05, 4.69) is 85.6 Å². The minimum atomic E-state index is 0.452. The molecule has 0 saturated carbocycles. The smallest absolute Gasteiger partial charge is 0.231 e. The van der Waals surface area contributed by atoms with Gasteiger partial charge in [0.1, 0.15) is 11.9 Å². The van der Waals surface area contributed by atoms with Crippen LogP contribution >= 0.6 is 0 Å². The Kier molecular flexibility index (Phi) is 3.66. The van der Waals surface area contributed by atoms with Gasteiger partial charge in [-0.25, -0.2) is 9.97 Å². The van der Waals surface area contributed by atoms with Crippen molar-refractivity contribution in [2.24, 2.45) is 0 Å². The van der Waals surface area contributed by atoms with Gasteiger partial charge in [0, 0.05) is 10.9 Å². The summed E-state index contributed by atoms with van der Waals surface area (Å²) in [7, 11) is 0. The quantitative estimate of drug-likeness (QED) is 0.309. The van der Waals surface area contributed by atoms with Crippen molar-refractivity contribution < 1.29 is 4.42 Å². The van der Waals surface area contributed by atoms with Gasteiger partial charge < -0.3 is 4.42 Å². The summed E-state index contributed by atoms with van der Waals surface area (Å²) in [5.41, 5.74) is 4.85. The van der Waals surface area contributed by atoms with Crippen LogP contribution in [0.3, 0.4) is 0 Å². The Hall–Kier alpha value is -3.72. The predicted octanol–water partition coefficient (Wildman–Crippen LogP) is 7.47. The summed E-state index contributed by atoms with van der Waals surface area (Å²) < 4.78 is 6.15. The molecule has 0 radical (unpaired) electrons. The van der Waals surface area contributed by atoms with Crippen molar-refractivity contribution in [1.29, 1.82) is 0 Å². The minimum Gasteiger partial charge on any atom is -0.438 e. The van der Waals surface area contributed by atoms with Gasteiger partial charge in [0.25, 0.3) is 0 Å². The molecule has 0 aliphatic carbocycles. The molecule has 0 aliphatic rings. The molecule has 2 heterocycles.